The molecule has 1 aromatic carbocycles. The van der Waals surface area contributed by atoms with Gasteiger partial charge in [-0.15, -0.1) is 0 Å². The summed E-state index contributed by atoms with van der Waals surface area (Å²) in [4.78, 5) is 42.8. The molecule has 0 saturated heterocycles. The fourth-order valence-electron chi connectivity index (χ4n) is 0.966. The highest BCUT2D eigenvalue weighted by Gasteiger charge is 2.17. The minimum Gasteiger partial charge on any atom is -0.502 e. The first-order valence-corrected chi connectivity index (χ1v) is 4.35. The molecule has 9 heteroatoms. The van der Waals surface area contributed by atoms with Crippen LogP contribution in [0.3, 0.4) is 0 Å². The maximum absolute atomic E-state index is 10.4. The van der Waals surface area contributed by atoms with Crippen LogP contribution in [0.2, 0.25) is 0 Å². The van der Waals surface area contributed by atoms with Crippen molar-refractivity contribution in [2.75, 3.05) is 12.4 Å². The Hall–Kier alpha value is -2.58. The van der Waals surface area contributed by atoms with Gasteiger partial charge in [-0.1, -0.05) is 7.43 Å². The molecule has 1 aromatic heterocycles. The lowest BCUT2D eigenvalue weighted by molar-refractivity contribution is 0.277. The maximum Gasteiger partial charge on any atom is 0.440 e. The van der Waals surface area contributed by atoms with Gasteiger partial charge in [-0.2, -0.15) is 4.74 Å². The van der Waals surface area contributed by atoms with Crippen LogP contribution < -0.4 is 27.6 Å². The zero-order valence-corrected chi connectivity index (χ0v) is 8.94. The second-order valence-corrected chi connectivity index (χ2v) is 2.94. The molecule has 0 aliphatic carbocycles. The summed E-state index contributed by atoms with van der Waals surface area (Å²) < 4.78 is 5.03. The summed E-state index contributed by atoms with van der Waals surface area (Å²) in [6.07, 6.45) is 0. The number of aromatic nitrogens is 2. The number of nitrogens with zero attached hydrogens (tertiary/aromatic N) is 1. The van der Waals surface area contributed by atoms with Crippen molar-refractivity contribution in [2.45, 2.75) is 7.43 Å². The topological polar surface area (TPSA) is 134 Å². The van der Waals surface area contributed by atoms with E-state index < -0.39 is 28.1 Å². The maximum atomic E-state index is 10.4. The Morgan fingerprint density at radius 2 is 1.78 bits per heavy atom. The van der Waals surface area contributed by atoms with Gasteiger partial charge in [-0.05, 0) is 0 Å². The van der Waals surface area contributed by atoms with Crippen LogP contribution in [0.15, 0.2) is 23.7 Å². The normalized spacial score (nSPS) is 9.22. The summed E-state index contributed by atoms with van der Waals surface area (Å²) in [6.45, 7) is 0. The molecule has 2 rings (SSSR count). The molecule has 0 amide bonds. The first-order chi connectivity index (χ1) is 7.88. The first kappa shape index (κ1) is 15.4. The molecule has 9 nitrogen and oxygen atoms in total. The Bertz CT molecular complexity index is 697. The molecule has 0 aliphatic heterocycles. The summed E-state index contributed by atoms with van der Waals surface area (Å²) in [7, 11) is 2.82. The third kappa shape index (κ3) is 2.75. The van der Waals surface area contributed by atoms with E-state index in [1.165, 1.54) is 14.1 Å². The number of aryl methyl sites for hydroxylation is 1. The highest BCUT2D eigenvalue weighted by Crippen LogP contribution is 2.12. The number of hydrogen-bond acceptors (Lipinski definition) is 7. The average Bonchev–Trinajstić information content (AvgIpc) is 2.57. The van der Waals surface area contributed by atoms with Gasteiger partial charge in [-0.25, -0.2) is 14.6 Å². The van der Waals surface area contributed by atoms with Crippen LogP contribution in [0.25, 0.3) is 0 Å². The molecule has 0 aliphatic rings. The fraction of sp³-hybridized carbons (Fsp3) is 0.333. The summed E-state index contributed by atoms with van der Waals surface area (Å²) >= 11 is 0. The lowest BCUT2D eigenvalue weighted by Crippen LogP contribution is -2.32. The van der Waals surface area contributed by atoms with Crippen LogP contribution in [-0.2, 0) is 7.05 Å². The molecule has 0 atom stereocenters. The third-order valence-electron chi connectivity index (χ3n) is 1.85. The Balaban J connectivity index is 0.000000306. The van der Waals surface area contributed by atoms with Crippen molar-refractivity contribution in [1.29, 1.82) is 0 Å². The van der Waals surface area contributed by atoms with Gasteiger partial charge in [-0.3, -0.25) is 9.59 Å². The highest BCUT2D eigenvalue weighted by atomic mass is 16.5. The van der Waals surface area contributed by atoms with Gasteiger partial charge in [0.25, 0.3) is 10.9 Å². The quantitative estimate of drug-likeness (QED) is 0.521. The number of aromatic hydroxyl groups is 1. The summed E-state index contributed by atoms with van der Waals surface area (Å²) in [5, 5.41) is 11.0. The molecule has 0 radical (unpaired) electrons. The van der Waals surface area contributed by atoms with Crippen molar-refractivity contribution >= 4 is 5.69 Å². The van der Waals surface area contributed by atoms with E-state index in [2.05, 4.69) is 9.84 Å². The zero-order valence-electron chi connectivity index (χ0n) is 8.94. The van der Waals surface area contributed by atoms with Crippen molar-refractivity contribution in [3.05, 3.63) is 41.5 Å². The molecular weight excluding hydrogens is 246 g/mol. The lowest BCUT2D eigenvalue weighted by atomic mass is 10.2. The van der Waals surface area contributed by atoms with Crippen LogP contribution in [0, 0.1) is 0 Å². The zero-order chi connectivity index (χ0) is 13.2. The number of aromatic amines is 1. The minimum atomic E-state index is -0.806. The molecule has 0 fully saturated rings. The lowest BCUT2D eigenvalue weighted by Gasteiger charge is -2.01. The molecular formula is C9H13N3O6. The van der Waals surface area contributed by atoms with Crippen molar-refractivity contribution in [1.82, 2.24) is 9.72 Å². The standard InChI is InChI=1S/C5H5NO3.C3H4N2O3.CH4/c1-6-2-3(7)5(9)4(2)8;1-5-2(6)4-3(7)8-5;/h6-7H,1H3;1H3,(H,4,6,7);1H4. The SMILES string of the molecule is C.CNc1c(O)c(=O)c1=O.Cn1oc(=O)[nH]c1=O. The van der Waals surface area contributed by atoms with Gasteiger partial charge in [0.05, 0.1) is 7.05 Å². The number of H-pyrrole nitrogens is 1. The summed E-state index contributed by atoms with van der Waals surface area (Å²) in [5.41, 5.74) is -1.97. The van der Waals surface area contributed by atoms with Gasteiger partial charge in [0.15, 0.2) is 5.75 Å². The van der Waals surface area contributed by atoms with Crippen LogP contribution in [0.1, 0.15) is 7.43 Å². The van der Waals surface area contributed by atoms with Crippen molar-refractivity contribution < 1.29 is 9.63 Å². The van der Waals surface area contributed by atoms with E-state index in [1.54, 1.807) is 0 Å². The first-order valence-electron chi connectivity index (χ1n) is 4.35. The molecule has 2 aromatic rings. The van der Waals surface area contributed by atoms with E-state index >= 15 is 0 Å². The van der Waals surface area contributed by atoms with Crippen molar-refractivity contribution in [3.63, 3.8) is 0 Å². The van der Waals surface area contributed by atoms with E-state index in [-0.39, 0.29) is 13.1 Å². The van der Waals surface area contributed by atoms with E-state index in [0.717, 1.165) is 4.74 Å². The van der Waals surface area contributed by atoms with Gasteiger partial charge in [0.2, 0.25) is 0 Å². The second kappa shape index (κ2) is 5.66. The molecule has 0 unspecified atom stereocenters. The molecule has 0 spiro atoms. The van der Waals surface area contributed by atoms with Crippen molar-refractivity contribution in [2.24, 2.45) is 7.05 Å². The average molecular weight is 259 g/mol. The number of rotatable bonds is 1. The summed E-state index contributed by atoms with van der Waals surface area (Å²) in [5.74, 6) is -1.18. The Kier molecular flexibility index (Phi) is 4.85. The fourth-order valence-corrected chi connectivity index (χ4v) is 0.966. The van der Waals surface area contributed by atoms with Crippen LogP contribution in [0.4, 0.5) is 5.69 Å². The van der Waals surface area contributed by atoms with Gasteiger partial charge in [0, 0.05) is 7.05 Å². The smallest absolute Gasteiger partial charge is 0.440 e. The third-order valence-corrected chi connectivity index (χ3v) is 1.85. The molecule has 100 valence electrons. The molecule has 0 saturated carbocycles. The predicted octanol–water partition coefficient (Wildman–Crippen LogP) is -1.67. The molecule has 0 bridgehead atoms. The van der Waals surface area contributed by atoms with E-state index in [1.807, 2.05) is 4.98 Å². The Labute approximate surface area is 100.0 Å². The van der Waals surface area contributed by atoms with E-state index in [4.69, 9.17) is 5.11 Å². The van der Waals surface area contributed by atoms with Gasteiger partial charge in [0.1, 0.15) is 5.69 Å². The number of nitrogens with one attached hydrogen (secondary N) is 2. The Morgan fingerprint density at radius 1 is 1.22 bits per heavy atom. The minimum absolute atomic E-state index is 0. The van der Waals surface area contributed by atoms with Crippen molar-refractivity contribution in [3.8, 4) is 5.75 Å². The van der Waals surface area contributed by atoms with Gasteiger partial charge < -0.3 is 14.9 Å². The van der Waals surface area contributed by atoms with Crippen LogP contribution >= 0.6 is 0 Å². The van der Waals surface area contributed by atoms with Gasteiger partial charge >= 0.3 is 11.4 Å². The largest absolute Gasteiger partial charge is 0.502 e. The molecule has 18 heavy (non-hydrogen) atoms. The highest BCUT2D eigenvalue weighted by molar-refractivity contribution is 5.60. The second-order valence-electron chi connectivity index (χ2n) is 2.94. The summed E-state index contributed by atoms with van der Waals surface area (Å²) in [6, 6.07) is 0. The predicted molar refractivity (Wildman–Crippen MR) is 63.9 cm³/mol. The Morgan fingerprint density at radius 3 is 1.94 bits per heavy atom. The van der Waals surface area contributed by atoms with E-state index in [0.29, 0.717) is 0 Å². The number of anilines is 1. The number of hydrogen-bond donors (Lipinski definition) is 3. The molecule has 1 heterocycles. The molecule has 3 N–H and O–H groups in total. The van der Waals surface area contributed by atoms with E-state index in [9.17, 15) is 19.2 Å². The van der Waals surface area contributed by atoms with Crippen LogP contribution in [-0.4, -0.2) is 21.9 Å². The monoisotopic (exact) mass is 259 g/mol. The van der Waals surface area contributed by atoms with Crippen LogP contribution in [0.5, 0.6) is 5.75 Å².